The molecule has 0 saturated heterocycles. The lowest BCUT2D eigenvalue weighted by atomic mass is 10.1. The number of carbonyl (C=O) groups excluding carboxylic acids is 1. The van der Waals surface area contributed by atoms with Crippen molar-refractivity contribution in [2.24, 2.45) is 0 Å². The Bertz CT molecular complexity index is 405. The molecular weight excluding hydrogens is 210 g/mol. The number of amides is 1. The maximum Gasteiger partial charge on any atom is 0.231 e. The largest absolute Gasteiger partial charge is 0.454 e. The fourth-order valence-corrected chi connectivity index (χ4v) is 1.48. The van der Waals surface area contributed by atoms with Gasteiger partial charge in [0.1, 0.15) is 0 Å². The summed E-state index contributed by atoms with van der Waals surface area (Å²) in [7, 11) is 0. The van der Waals surface area contributed by atoms with Crippen molar-refractivity contribution < 1.29 is 19.4 Å². The highest BCUT2D eigenvalue weighted by Gasteiger charge is 2.16. The van der Waals surface area contributed by atoms with Crippen molar-refractivity contribution in [2.45, 2.75) is 13.0 Å². The summed E-state index contributed by atoms with van der Waals surface area (Å²) >= 11 is 0. The molecule has 16 heavy (non-hydrogen) atoms. The van der Waals surface area contributed by atoms with Crippen molar-refractivity contribution in [3.8, 4) is 11.5 Å². The van der Waals surface area contributed by atoms with Gasteiger partial charge in [-0.05, 0) is 17.7 Å². The standard InChI is InChI=1S/C11H13NO4/c1-7(13)12-5-9(14)8-2-3-10-11(4-8)16-6-15-10/h2-4,9,14H,5-6H2,1H3,(H,12,13)/t9-/m0/s1. The molecular formula is C11H13NO4. The number of ether oxygens (including phenoxy) is 2. The van der Waals surface area contributed by atoms with Crippen molar-refractivity contribution >= 4 is 5.91 Å². The summed E-state index contributed by atoms with van der Waals surface area (Å²) in [6.07, 6.45) is -0.738. The van der Waals surface area contributed by atoms with Crippen LogP contribution < -0.4 is 14.8 Å². The van der Waals surface area contributed by atoms with E-state index in [0.29, 0.717) is 17.1 Å². The van der Waals surface area contributed by atoms with E-state index in [1.807, 2.05) is 0 Å². The van der Waals surface area contributed by atoms with Gasteiger partial charge in [0.25, 0.3) is 0 Å². The van der Waals surface area contributed by atoms with Crippen molar-refractivity contribution in [3.63, 3.8) is 0 Å². The lowest BCUT2D eigenvalue weighted by Gasteiger charge is -2.11. The lowest BCUT2D eigenvalue weighted by Crippen LogP contribution is -2.25. The van der Waals surface area contributed by atoms with Crippen LogP contribution in [0.15, 0.2) is 18.2 Å². The van der Waals surface area contributed by atoms with Crippen molar-refractivity contribution in [1.29, 1.82) is 0 Å². The lowest BCUT2D eigenvalue weighted by molar-refractivity contribution is -0.119. The second-order valence-corrected chi connectivity index (χ2v) is 3.57. The molecule has 86 valence electrons. The smallest absolute Gasteiger partial charge is 0.231 e. The quantitative estimate of drug-likeness (QED) is 0.786. The SMILES string of the molecule is CC(=O)NC[C@H](O)c1ccc2c(c1)OCO2. The zero-order chi connectivity index (χ0) is 11.5. The number of aliphatic hydroxyl groups is 1. The first-order valence-corrected chi connectivity index (χ1v) is 4.99. The predicted molar refractivity (Wildman–Crippen MR) is 56.2 cm³/mol. The van der Waals surface area contributed by atoms with Crippen LogP contribution in [0, 0.1) is 0 Å². The number of rotatable bonds is 3. The molecule has 1 aliphatic heterocycles. The van der Waals surface area contributed by atoms with E-state index in [1.54, 1.807) is 18.2 Å². The topological polar surface area (TPSA) is 67.8 Å². The fourth-order valence-electron chi connectivity index (χ4n) is 1.48. The molecule has 1 aliphatic rings. The molecule has 5 heteroatoms. The molecule has 0 aromatic heterocycles. The van der Waals surface area contributed by atoms with E-state index >= 15 is 0 Å². The van der Waals surface area contributed by atoms with Crippen LogP contribution in [0.4, 0.5) is 0 Å². The van der Waals surface area contributed by atoms with E-state index in [2.05, 4.69) is 5.32 Å². The molecule has 0 bridgehead atoms. The number of aliphatic hydroxyl groups excluding tert-OH is 1. The van der Waals surface area contributed by atoms with Crippen molar-refractivity contribution in [2.75, 3.05) is 13.3 Å². The summed E-state index contributed by atoms with van der Waals surface area (Å²) in [6, 6.07) is 5.21. The third-order valence-electron chi connectivity index (χ3n) is 2.33. The fraction of sp³-hybridized carbons (Fsp3) is 0.364. The molecule has 1 amide bonds. The van der Waals surface area contributed by atoms with Gasteiger partial charge in [0, 0.05) is 13.5 Å². The van der Waals surface area contributed by atoms with Gasteiger partial charge in [-0.15, -0.1) is 0 Å². The van der Waals surface area contributed by atoms with Gasteiger partial charge in [-0.3, -0.25) is 4.79 Å². The Balaban J connectivity index is 2.06. The Morgan fingerprint density at radius 1 is 1.50 bits per heavy atom. The van der Waals surface area contributed by atoms with E-state index in [1.165, 1.54) is 6.92 Å². The van der Waals surface area contributed by atoms with Crippen LogP contribution in [0.1, 0.15) is 18.6 Å². The molecule has 0 saturated carbocycles. The molecule has 2 rings (SSSR count). The highest BCUT2D eigenvalue weighted by atomic mass is 16.7. The monoisotopic (exact) mass is 223 g/mol. The number of carbonyl (C=O) groups is 1. The molecule has 1 aromatic rings. The minimum absolute atomic E-state index is 0.167. The van der Waals surface area contributed by atoms with Gasteiger partial charge < -0.3 is 19.9 Å². The Labute approximate surface area is 93.0 Å². The zero-order valence-electron chi connectivity index (χ0n) is 8.90. The van der Waals surface area contributed by atoms with Gasteiger partial charge in [-0.1, -0.05) is 6.07 Å². The number of fused-ring (bicyclic) bond motifs is 1. The van der Waals surface area contributed by atoms with E-state index in [-0.39, 0.29) is 19.2 Å². The molecule has 5 nitrogen and oxygen atoms in total. The van der Waals surface area contributed by atoms with Gasteiger partial charge in [0.15, 0.2) is 11.5 Å². The van der Waals surface area contributed by atoms with Crippen LogP contribution in [0.25, 0.3) is 0 Å². The second kappa shape index (κ2) is 4.40. The minimum atomic E-state index is -0.738. The highest BCUT2D eigenvalue weighted by molar-refractivity contribution is 5.72. The average molecular weight is 223 g/mol. The first kappa shape index (κ1) is 10.8. The molecule has 0 radical (unpaired) electrons. The highest BCUT2D eigenvalue weighted by Crippen LogP contribution is 2.33. The Kier molecular flexibility index (Phi) is 2.96. The number of benzene rings is 1. The van der Waals surface area contributed by atoms with Crippen molar-refractivity contribution in [3.05, 3.63) is 23.8 Å². The predicted octanol–water partition coefficient (Wildman–Crippen LogP) is 0.585. The zero-order valence-corrected chi connectivity index (χ0v) is 8.90. The van der Waals surface area contributed by atoms with E-state index in [4.69, 9.17) is 9.47 Å². The molecule has 0 aliphatic carbocycles. The Hall–Kier alpha value is -1.75. The van der Waals surface area contributed by atoms with E-state index < -0.39 is 6.10 Å². The van der Waals surface area contributed by atoms with E-state index in [0.717, 1.165) is 0 Å². The Morgan fingerprint density at radius 2 is 2.25 bits per heavy atom. The summed E-state index contributed by atoms with van der Waals surface area (Å²) in [6.45, 7) is 1.81. The summed E-state index contributed by atoms with van der Waals surface area (Å²) in [5.74, 6) is 1.13. The van der Waals surface area contributed by atoms with Crippen LogP contribution >= 0.6 is 0 Å². The van der Waals surface area contributed by atoms with E-state index in [9.17, 15) is 9.90 Å². The number of hydrogen-bond acceptors (Lipinski definition) is 4. The first-order chi connectivity index (χ1) is 7.66. The third-order valence-corrected chi connectivity index (χ3v) is 2.33. The average Bonchev–Trinajstić information content (AvgIpc) is 2.72. The van der Waals surface area contributed by atoms with Crippen LogP contribution in [0.5, 0.6) is 11.5 Å². The van der Waals surface area contributed by atoms with Crippen LogP contribution in [0.3, 0.4) is 0 Å². The van der Waals surface area contributed by atoms with Crippen LogP contribution in [0.2, 0.25) is 0 Å². The molecule has 1 heterocycles. The number of nitrogens with one attached hydrogen (secondary N) is 1. The van der Waals surface area contributed by atoms with Crippen LogP contribution in [-0.2, 0) is 4.79 Å². The minimum Gasteiger partial charge on any atom is -0.454 e. The Morgan fingerprint density at radius 3 is 3.00 bits per heavy atom. The summed E-state index contributed by atoms with van der Waals surface area (Å²) in [4.78, 5) is 10.7. The number of hydrogen-bond donors (Lipinski definition) is 2. The maximum absolute atomic E-state index is 10.7. The maximum atomic E-state index is 10.7. The van der Waals surface area contributed by atoms with Gasteiger partial charge in [0.05, 0.1) is 6.10 Å². The molecule has 1 atom stereocenters. The third kappa shape index (κ3) is 2.25. The first-order valence-electron chi connectivity index (χ1n) is 4.99. The molecule has 0 spiro atoms. The van der Waals surface area contributed by atoms with Gasteiger partial charge >= 0.3 is 0 Å². The summed E-state index contributed by atoms with van der Waals surface area (Å²) in [5.41, 5.74) is 0.693. The summed E-state index contributed by atoms with van der Waals surface area (Å²) in [5, 5.41) is 12.3. The molecule has 0 fully saturated rings. The normalized spacial score (nSPS) is 14.6. The van der Waals surface area contributed by atoms with Crippen molar-refractivity contribution in [1.82, 2.24) is 5.32 Å². The second-order valence-electron chi connectivity index (χ2n) is 3.57. The van der Waals surface area contributed by atoms with Gasteiger partial charge in [0.2, 0.25) is 12.7 Å². The summed E-state index contributed by atoms with van der Waals surface area (Å²) < 4.78 is 10.4. The van der Waals surface area contributed by atoms with Gasteiger partial charge in [-0.25, -0.2) is 0 Å². The molecule has 2 N–H and O–H groups in total. The van der Waals surface area contributed by atoms with Gasteiger partial charge in [-0.2, -0.15) is 0 Å². The van der Waals surface area contributed by atoms with Crippen LogP contribution in [-0.4, -0.2) is 24.4 Å². The molecule has 1 aromatic carbocycles. The molecule has 0 unspecified atom stereocenters.